The summed E-state index contributed by atoms with van der Waals surface area (Å²) in [6, 6.07) is 23.9. The summed E-state index contributed by atoms with van der Waals surface area (Å²) < 4.78 is 11.4. The van der Waals surface area contributed by atoms with Gasteiger partial charge in [0.2, 0.25) is 0 Å². The molecule has 3 aromatic rings. The number of rotatable bonds is 14. The molecule has 0 saturated heterocycles. The van der Waals surface area contributed by atoms with Crippen LogP contribution in [0, 0.1) is 0 Å². The quantitative estimate of drug-likeness (QED) is 0.133. The highest BCUT2D eigenvalue weighted by Crippen LogP contribution is 2.26. The van der Waals surface area contributed by atoms with Crippen LogP contribution >= 0.6 is 0 Å². The van der Waals surface area contributed by atoms with Gasteiger partial charge < -0.3 is 9.47 Å². The van der Waals surface area contributed by atoms with Crippen molar-refractivity contribution in [2.75, 3.05) is 6.61 Å². The Kier molecular flexibility index (Phi) is 11.0. The van der Waals surface area contributed by atoms with Gasteiger partial charge >= 0.3 is 5.97 Å². The predicted molar refractivity (Wildman–Crippen MR) is 145 cm³/mol. The lowest BCUT2D eigenvalue weighted by atomic mass is 10.0. The second-order valence-corrected chi connectivity index (χ2v) is 9.26. The maximum absolute atomic E-state index is 12.6. The van der Waals surface area contributed by atoms with Crippen molar-refractivity contribution in [3.63, 3.8) is 0 Å². The molecule has 0 fully saturated rings. The number of aryl methyl sites for hydroxylation is 1. The van der Waals surface area contributed by atoms with E-state index in [9.17, 15) is 4.79 Å². The van der Waals surface area contributed by atoms with Crippen LogP contribution in [0.1, 0.15) is 93.3 Å². The second kappa shape index (κ2) is 14.5. The average Bonchev–Trinajstić information content (AvgIpc) is 2.90. The van der Waals surface area contributed by atoms with Crippen molar-refractivity contribution in [3.05, 3.63) is 89.5 Å². The molecule has 3 rings (SSSR count). The first-order valence-corrected chi connectivity index (χ1v) is 13.2. The number of benzene rings is 3. The molecular formula is C32H40O3. The minimum Gasteiger partial charge on any atom is -0.423 e. The molecule has 0 N–H and O–H groups in total. The molecular weight excluding hydrogens is 432 g/mol. The third kappa shape index (κ3) is 8.67. The van der Waals surface area contributed by atoms with Gasteiger partial charge in [0.25, 0.3) is 0 Å². The minimum absolute atomic E-state index is 0.0930. The van der Waals surface area contributed by atoms with Crippen LogP contribution in [-0.4, -0.2) is 12.6 Å². The van der Waals surface area contributed by atoms with Gasteiger partial charge in [0, 0.05) is 6.61 Å². The van der Waals surface area contributed by atoms with Crippen LogP contribution in [0.4, 0.5) is 0 Å². The first-order valence-electron chi connectivity index (χ1n) is 13.2. The van der Waals surface area contributed by atoms with E-state index in [0.29, 0.717) is 11.3 Å². The number of esters is 1. The molecule has 0 aliphatic carbocycles. The van der Waals surface area contributed by atoms with Crippen LogP contribution in [0.25, 0.3) is 11.1 Å². The van der Waals surface area contributed by atoms with Crippen LogP contribution in [0.15, 0.2) is 72.8 Å². The lowest BCUT2D eigenvalue weighted by Crippen LogP contribution is -2.08. The third-order valence-electron chi connectivity index (χ3n) is 6.36. The summed E-state index contributed by atoms with van der Waals surface area (Å²) >= 11 is 0. The van der Waals surface area contributed by atoms with E-state index in [-0.39, 0.29) is 12.1 Å². The normalized spacial score (nSPS) is 11.9. The Labute approximate surface area is 211 Å². The molecule has 35 heavy (non-hydrogen) atoms. The van der Waals surface area contributed by atoms with Crippen LogP contribution in [0.2, 0.25) is 0 Å². The van der Waals surface area contributed by atoms with Gasteiger partial charge in [0.05, 0.1) is 11.7 Å². The lowest BCUT2D eigenvalue weighted by Gasteiger charge is -2.13. The predicted octanol–water partition coefficient (Wildman–Crippen LogP) is 8.96. The number of unbranched alkanes of at least 4 members (excludes halogenated alkanes) is 5. The summed E-state index contributed by atoms with van der Waals surface area (Å²) in [6.07, 6.45) is 9.92. The molecule has 0 radical (unpaired) electrons. The van der Waals surface area contributed by atoms with Gasteiger partial charge in [0.15, 0.2) is 0 Å². The monoisotopic (exact) mass is 472 g/mol. The first-order chi connectivity index (χ1) is 17.1. The van der Waals surface area contributed by atoms with E-state index in [1.807, 2.05) is 48.5 Å². The molecule has 3 nitrogen and oxygen atoms in total. The first kappa shape index (κ1) is 26.7. The molecule has 0 aliphatic rings. The van der Waals surface area contributed by atoms with Crippen LogP contribution < -0.4 is 4.74 Å². The highest BCUT2D eigenvalue weighted by Gasteiger charge is 2.10. The topological polar surface area (TPSA) is 35.5 Å². The number of ether oxygens (including phenoxy) is 2. The van der Waals surface area contributed by atoms with Crippen LogP contribution in [0.3, 0.4) is 0 Å². The average molecular weight is 473 g/mol. The standard InChI is InChI=1S/C32H40O3/c1-4-6-7-8-9-10-11-26-12-14-30(15-13-26)32(33)35-31-22-20-29(21-23-31)28-18-16-27(17-19-28)25(3)34-24-5-2/h12-23,25H,4-11,24H2,1-3H3. The van der Waals surface area contributed by atoms with Gasteiger partial charge in [-0.25, -0.2) is 4.79 Å². The van der Waals surface area contributed by atoms with Gasteiger partial charge in [0.1, 0.15) is 5.75 Å². The van der Waals surface area contributed by atoms with Crippen molar-refractivity contribution >= 4 is 5.97 Å². The zero-order valence-corrected chi connectivity index (χ0v) is 21.6. The molecule has 0 aliphatic heterocycles. The van der Waals surface area contributed by atoms with E-state index < -0.39 is 0 Å². The smallest absolute Gasteiger partial charge is 0.343 e. The van der Waals surface area contributed by atoms with E-state index >= 15 is 0 Å². The fourth-order valence-electron chi connectivity index (χ4n) is 4.14. The molecule has 0 saturated carbocycles. The molecule has 3 heteroatoms. The summed E-state index contributed by atoms with van der Waals surface area (Å²) in [4.78, 5) is 12.6. The third-order valence-corrected chi connectivity index (χ3v) is 6.36. The Morgan fingerprint density at radius 2 is 1.31 bits per heavy atom. The zero-order valence-electron chi connectivity index (χ0n) is 21.6. The van der Waals surface area contributed by atoms with E-state index in [4.69, 9.17) is 9.47 Å². The Morgan fingerprint density at radius 1 is 0.714 bits per heavy atom. The number of hydrogen-bond donors (Lipinski definition) is 0. The number of carbonyl (C=O) groups is 1. The fourth-order valence-corrected chi connectivity index (χ4v) is 4.14. The molecule has 0 spiro atoms. The Hall–Kier alpha value is -2.91. The molecule has 0 bridgehead atoms. The lowest BCUT2D eigenvalue weighted by molar-refractivity contribution is 0.0663. The Morgan fingerprint density at radius 3 is 1.94 bits per heavy atom. The van der Waals surface area contributed by atoms with E-state index in [0.717, 1.165) is 30.6 Å². The molecule has 3 aromatic carbocycles. The second-order valence-electron chi connectivity index (χ2n) is 9.26. The van der Waals surface area contributed by atoms with Gasteiger partial charge in [-0.05, 0) is 72.7 Å². The highest BCUT2D eigenvalue weighted by molar-refractivity contribution is 5.91. The molecule has 186 valence electrons. The summed E-state index contributed by atoms with van der Waals surface area (Å²) in [5.41, 5.74) is 5.23. The van der Waals surface area contributed by atoms with E-state index in [2.05, 4.69) is 45.0 Å². The Balaban J connectivity index is 1.49. The number of carbonyl (C=O) groups excluding carboxylic acids is 1. The fraction of sp³-hybridized carbons (Fsp3) is 0.406. The molecule has 1 unspecified atom stereocenters. The highest BCUT2D eigenvalue weighted by atomic mass is 16.5. The van der Waals surface area contributed by atoms with Gasteiger partial charge in [-0.1, -0.05) is 94.5 Å². The summed E-state index contributed by atoms with van der Waals surface area (Å²) in [6.45, 7) is 7.21. The minimum atomic E-state index is -0.325. The van der Waals surface area contributed by atoms with Crippen molar-refractivity contribution in [2.45, 2.75) is 78.2 Å². The van der Waals surface area contributed by atoms with Gasteiger partial charge in [-0.2, -0.15) is 0 Å². The Bertz CT molecular complexity index is 1000. The summed E-state index contributed by atoms with van der Waals surface area (Å²) in [5, 5.41) is 0. The van der Waals surface area contributed by atoms with Crippen molar-refractivity contribution in [3.8, 4) is 16.9 Å². The zero-order chi connectivity index (χ0) is 24.9. The van der Waals surface area contributed by atoms with Crippen molar-refractivity contribution in [1.29, 1.82) is 0 Å². The molecule has 0 amide bonds. The summed E-state index contributed by atoms with van der Waals surface area (Å²) in [7, 11) is 0. The summed E-state index contributed by atoms with van der Waals surface area (Å²) in [5.74, 6) is 0.224. The van der Waals surface area contributed by atoms with Crippen molar-refractivity contribution < 1.29 is 14.3 Å². The maximum atomic E-state index is 12.6. The van der Waals surface area contributed by atoms with Gasteiger partial charge in [-0.3, -0.25) is 0 Å². The SMILES string of the molecule is CCCCCCCCc1ccc(C(=O)Oc2ccc(-c3ccc(C(C)OCCC)cc3)cc2)cc1. The molecule has 1 atom stereocenters. The molecule has 0 aromatic heterocycles. The van der Waals surface area contributed by atoms with Crippen LogP contribution in [0.5, 0.6) is 5.75 Å². The van der Waals surface area contributed by atoms with Crippen molar-refractivity contribution in [1.82, 2.24) is 0 Å². The number of hydrogen-bond acceptors (Lipinski definition) is 3. The van der Waals surface area contributed by atoms with Crippen molar-refractivity contribution in [2.24, 2.45) is 0 Å². The van der Waals surface area contributed by atoms with Crippen LogP contribution in [-0.2, 0) is 11.2 Å². The van der Waals surface area contributed by atoms with E-state index in [1.165, 1.54) is 49.7 Å². The maximum Gasteiger partial charge on any atom is 0.343 e. The molecule has 0 heterocycles. The largest absolute Gasteiger partial charge is 0.423 e. The van der Waals surface area contributed by atoms with E-state index in [1.54, 1.807) is 0 Å². The van der Waals surface area contributed by atoms with Gasteiger partial charge in [-0.15, -0.1) is 0 Å².